The van der Waals surface area contributed by atoms with Crippen LogP contribution in [0.1, 0.15) is 16.7 Å². The van der Waals surface area contributed by atoms with Crippen molar-refractivity contribution >= 4 is 41.4 Å². The number of nitrogens with zero attached hydrogens (tertiary/aromatic N) is 4. The fourth-order valence-corrected chi connectivity index (χ4v) is 3.26. The van der Waals surface area contributed by atoms with Crippen molar-refractivity contribution in [2.45, 2.75) is 20.4 Å². The van der Waals surface area contributed by atoms with Gasteiger partial charge in [0.15, 0.2) is 5.96 Å². The van der Waals surface area contributed by atoms with Gasteiger partial charge in [-0.1, -0.05) is 12.1 Å². The lowest BCUT2D eigenvalue weighted by Crippen LogP contribution is -2.45. The molecule has 1 aliphatic rings. The smallest absolute Gasteiger partial charge is 0.193 e. The number of benzene rings is 1. The van der Waals surface area contributed by atoms with Crippen LogP contribution in [0.4, 0.5) is 11.5 Å². The number of pyridine rings is 1. The summed E-state index contributed by atoms with van der Waals surface area (Å²) in [6.45, 7) is 8.73. The van der Waals surface area contributed by atoms with Crippen LogP contribution < -0.4 is 16.0 Å². The lowest BCUT2D eigenvalue weighted by Gasteiger charge is -2.34. The highest BCUT2D eigenvalue weighted by molar-refractivity contribution is 14.0. The van der Waals surface area contributed by atoms with E-state index in [1.807, 2.05) is 12.3 Å². The predicted molar refractivity (Wildman–Crippen MR) is 124 cm³/mol. The molecule has 2 heterocycles. The van der Waals surface area contributed by atoms with Crippen molar-refractivity contribution in [2.24, 2.45) is 10.7 Å². The van der Waals surface area contributed by atoms with E-state index >= 15 is 0 Å². The van der Waals surface area contributed by atoms with Gasteiger partial charge < -0.3 is 20.9 Å². The number of piperazine rings is 1. The Balaban J connectivity index is 0.00000261. The Hall–Kier alpha value is -1.87. The fourth-order valence-electron chi connectivity index (χ4n) is 3.26. The third kappa shape index (κ3) is 6.07. The molecule has 1 aromatic carbocycles. The van der Waals surface area contributed by atoms with Crippen LogP contribution in [0.5, 0.6) is 0 Å². The van der Waals surface area contributed by atoms with Crippen LogP contribution in [-0.4, -0.2) is 49.1 Å². The van der Waals surface area contributed by atoms with E-state index in [1.165, 1.54) is 11.1 Å². The summed E-state index contributed by atoms with van der Waals surface area (Å²) in [7, 11) is 2.15. The summed E-state index contributed by atoms with van der Waals surface area (Å²) in [6, 6.07) is 10.3. The van der Waals surface area contributed by atoms with Crippen LogP contribution in [0.3, 0.4) is 0 Å². The quantitative estimate of drug-likeness (QED) is 0.400. The average Bonchev–Trinajstić information content (AvgIpc) is 2.60. The van der Waals surface area contributed by atoms with Crippen molar-refractivity contribution in [3.8, 4) is 0 Å². The fraction of sp³-hybridized carbons (Fsp3) is 0.400. The number of aromatic nitrogens is 1. The first kappa shape index (κ1) is 21.4. The molecule has 2 aromatic rings. The standard InChI is InChI=1S/C20H28N6.HI/c1-15-11-16(2)13-18(12-15)24-20(21)23-14-17-5-4-6-22-19(17)26-9-7-25(3)8-10-26;/h4-6,11-13H,7-10,14H2,1-3H3,(H3,21,23,24);1H. The van der Waals surface area contributed by atoms with Crippen molar-refractivity contribution in [3.63, 3.8) is 0 Å². The highest BCUT2D eigenvalue weighted by Gasteiger charge is 2.17. The molecule has 0 aliphatic carbocycles. The normalized spacial score (nSPS) is 15.4. The SMILES string of the molecule is Cc1cc(C)cc(NC(N)=NCc2cccnc2N2CCN(C)CC2)c1.I. The van der Waals surface area contributed by atoms with Gasteiger partial charge in [0.2, 0.25) is 0 Å². The lowest BCUT2D eigenvalue weighted by atomic mass is 10.1. The molecule has 0 atom stereocenters. The zero-order valence-electron chi connectivity index (χ0n) is 16.3. The van der Waals surface area contributed by atoms with E-state index < -0.39 is 0 Å². The molecule has 7 heteroatoms. The summed E-state index contributed by atoms with van der Waals surface area (Å²) >= 11 is 0. The second-order valence-electron chi connectivity index (χ2n) is 6.98. The number of halogens is 1. The minimum Gasteiger partial charge on any atom is -0.370 e. The molecule has 1 saturated heterocycles. The third-order valence-corrected chi connectivity index (χ3v) is 4.58. The maximum atomic E-state index is 6.10. The van der Waals surface area contributed by atoms with Crippen molar-refractivity contribution in [1.82, 2.24) is 9.88 Å². The van der Waals surface area contributed by atoms with Gasteiger partial charge in [0.25, 0.3) is 0 Å². The first-order chi connectivity index (χ1) is 12.5. The third-order valence-electron chi connectivity index (χ3n) is 4.58. The molecule has 6 nitrogen and oxygen atoms in total. The number of rotatable bonds is 4. The molecule has 1 fully saturated rings. The number of nitrogens with two attached hydrogens (primary N) is 1. The Morgan fingerprint density at radius 1 is 1.15 bits per heavy atom. The van der Waals surface area contributed by atoms with Gasteiger partial charge in [0, 0.05) is 43.6 Å². The maximum Gasteiger partial charge on any atom is 0.193 e. The molecular weight excluding hydrogens is 451 g/mol. The van der Waals surface area contributed by atoms with E-state index in [9.17, 15) is 0 Å². The topological polar surface area (TPSA) is 69.8 Å². The largest absolute Gasteiger partial charge is 0.370 e. The van der Waals surface area contributed by atoms with Crippen LogP contribution in [0.15, 0.2) is 41.5 Å². The molecule has 1 aliphatic heterocycles. The van der Waals surface area contributed by atoms with Crippen molar-refractivity contribution < 1.29 is 0 Å². The summed E-state index contributed by atoms with van der Waals surface area (Å²) in [6.07, 6.45) is 1.85. The summed E-state index contributed by atoms with van der Waals surface area (Å²) in [5.41, 5.74) is 10.6. The zero-order valence-corrected chi connectivity index (χ0v) is 18.6. The number of hydrogen-bond acceptors (Lipinski definition) is 4. The Bertz CT molecular complexity index is 764. The van der Waals surface area contributed by atoms with Crippen molar-refractivity contribution in [2.75, 3.05) is 43.4 Å². The number of guanidine groups is 1. The van der Waals surface area contributed by atoms with Crippen molar-refractivity contribution in [1.29, 1.82) is 0 Å². The molecule has 27 heavy (non-hydrogen) atoms. The highest BCUT2D eigenvalue weighted by Crippen LogP contribution is 2.20. The number of nitrogens with one attached hydrogen (secondary N) is 1. The van der Waals surface area contributed by atoms with E-state index in [1.54, 1.807) is 0 Å². The number of aliphatic imine (C=N–C) groups is 1. The molecular formula is C20H29IN6. The van der Waals surface area contributed by atoms with Crippen molar-refractivity contribution in [3.05, 3.63) is 53.2 Å². The van der Waals surface area contributed by atoms with Crippen LogP contribution >= 0.6 is 24.0 Å². The molecule has 0 bridgehead atoms. The van der Waals surface area contributed by atoms with Gasteiger partial charge in [-0.25, -0.2) is 9.98 Å². The summed E-state index contributed by atoms with van der Waals surface area (Å²) in [5, 5.41) is 3.19. The molecule has 1 aromatic heterocycles. The number of likely N-dealkylation sites (N-methyl/N-ethyl adjacent to an activating group) is 1. The summed E-state index contributed by atoms with van der Waals surface area (Å²) < 4.78 is 0. The second kappa shape index (κ2) is 9.89. The van der Waals surface area contributed by atoms with Crippen LogP contribution in [0, 0.1) is 13.8 Å². The maximum absolute atomic E-state index is 6.10. The number of hydrogen-bond donors (Lipinski definition) is 2. The number of anilines is 2. The molecule has 0 amide bonds. The monoisotopic (exact) mass is 480 g/mol. The van der Waals surface area contributed by atoms with E-state index in [-0.39, 0.29) is 24.0 Å². The van der Waals surface area contributed by atoms with Crippen LogP contribution in [-0.2, 0) is 6.54 Å². The molecule has 3 rings (SSSR count). The lowest BCUT2D eigenvalue weighted by molar-refractivity contribution is 0.312. The molecule has 0 spiro atoms. The van der Waals surface area contributed by atoms with E-state index in [4.69, 9.17) is 5.73 Å². The Labute approximate surface area is 178 Å². The molecule has 3 N–H and O–H groups in total. The zero-order chi connectivity index (χ0) is 18.5. The second-order valence-corrected chi connectivity index (χ2v) is 6.98. The molecule has 0 unspecified atom stereocenters. The first-order valence-electron chi connectivity index (χ1n) is 9.04. The van der Waals surface area contributed by atoms with Gasteiger partial charge >= 0.3 is 0 Å². The summed E-state index contributed by atoms with van der Waals surface area (Å²) in [5.74, 6) is 1.44. The number of aryl methyl sites for hydroxylation is 2. The van der Waals surface area contributed by atoms with E-state index in [0.717, 1.165) is 43.2 Å². The van der Waals surface area contributed by atoms with Crippen LogP contribution in [0.25, 0.3) is 0 Å². The first-order valence-corrected chi connectivity index (χ1v) is 9.04. The predicted octanol–water partition coefficient (Wildman–Crippen LogP) is 3.00. The Morgan fingerprint density at radius 3 is 2.48 bits per heavy atom. The summed E-state index contributed by atoms with van der Waals surface area (Å²) in [4.78, 5) is 13.8. The Morgan fingerprint density at radius 2 is 1.81 bits per heavy atom. The highest BCUT2D eigenvalue weighted by atomic mass is 127. The molecule has 146 valence electrons. The van der Waals surface area contributed by atoms with E-state index in [2.05, 4.69) is 70.3 Å². The van der Waals surface area contributed by atoms with Gasteiger partial charge in [0.05, 0.1) is 6.54 Å². The minimum absolute atomic E-state index is 0. The van der Waals surface area contributed by atoms with Crippen LogP contribution in [0.2, 0.25) is 0 Å². The molecule has 0 saturated carbocycles. The molecule has 0 radical (unpaired) electrons. The van der Waals surface area contributed by atoms with Gasteiger partial charge in [-0.2, -0.15) is 0 Å². The minimum atomic E-state index is 0. The Kier molecular flexibility index (Phi) is 7.85. The van der Waals surface area contributed by atoms with Gasteiger partial charge in [0.1, 0.15) is 5.82 Å². The van der Waals surface area contributed by atoms with Gasteiger partial charge in [-0.3, -0.25) is 0 Å². The van der Waals surface area contributed by atoms with Gasteiger partial charge in [-0.05, 0) is 50.2 Å². The van der Waals surface area contributed by atoms with E-state index in [0.29, 0.717) is 12.5 Å². The van der Waals surface area contributed by atoms with Gasteiger partial charge in [-0.15, -0.1) is 24.0 Å². The average molecular weight is 480 g/mol.